The van der Waals surface area contributed by atoms with Crippen molar-refractivity contribution in [2.75, 3.05) is 0 Å². The molecule has 0 aliphatic heterocycles. The maximum atomic E-state index is 12.9. The molecular formula is C21H28N4O2. The first-order chi connectivity index (χ1) is 13.1. The highest BCUT2D eigenvalue weighted by atomic mass is 16.2. The normalized spacial score (nSPS) is 20.9. The van der Waals surface area contributed by atoms with Crippen molar-refractivity contribution in [3.05, 3.63) is 34.0 Å². The molecule has 1 N–H and O–H groups in total. The number of fused-ring (bicyclic) bond motifs is 2. The first-order valence-corrected chi connectivity index (χ1v) is 10.3. The highest BCUT2D eigenvalue weighted by molar-refractivity contribution is 5.78. The molecule has 2 aromatic heterocycles. The fraction of sp³-hybridized carbons (Fsp3) is 0.619. The molecule has 2 heterocycles. The van der Waals surface area contributed by atoms with Gasteiger partial charge in [-0.2, -0.15) is 0 Å². The van der Waals surface area contributed by atoms with E-state index in [4.69, 9.17) is 0 Å². The Morgan fingerprint density at radius 1 is 1.22 bits per heavy atom. The minimum absolute atomic E-state index is 0.0196. The summed E-state index contributed by atoms with van der Waals surface area (Å²) in [5.41, 5.74) is 2.54. The van der Waals surface area contributed by atoms with Gasteiger partial charge in [-0.25, -0.2) is 9.97 Å². The van der Waals surface area contributed by atoms with Crippen molar-refractivity contribution in [1.82, 2.24) is 19.9 Å². The van der Waals surface area contributed by atoms with Crippen LogP contribution in [0.2, 0.25) is 0 Å². The molecule has 1 atom stereocenters. The van der Waals surface area contributed by atoms with Crippen LogP contribution in [0.4, 0.5) is 0 Å². The third-order valence-electron chi connectivity index (χ3n) is 5.96. The summed E-state index contributed by atoms with van der Waals surface area (Å²) in [7, 11) is 0. The summed E-state index contributed by atoms with van der Waals surface area (Å²) in [5.74, 6) is 0.505. The Morgan fingerprint density at radius 3 is 2.78 bits per heavy atom. The Hall–Kier alpha value is -2.24. The number of aryl methyl sites for hydroxylation is 1. The second-order valence-corrected chi connectivity index (χ2v) is 8.25. The number of nitrogens with one attached hydrogen (secondary N) is 1. The number of carbonyl (C=O) groups excluding carboxylic acids is 1. The molecule has 6 heteroatoms. The average molecular weight is 368 g/mol. The molecule has 0 spiro atoms. The lowest BCUT2D eigenvalue weighted by atomic mass is 9.87. The van der Waals surface area contributed by atoms with Crippen molar-refractivity contribution < 1.29 is 4.79 Å². The second kappa shape index (κ2) is 7.79. The zero-order chi connectivity index (χ0) is 18.8. The largest absolute Gasteiger partial charge is 0.352 e. The van der Waals surface area contributed by atoms with E-state index in [1.807, 2.05) is 6.07 Å². The smallest absolute Gasteiger partial charge is 0.263 e. The van der Waals surface area contributed by atoms with Crippen LogP contribution >= 0.6 is 0 Å². The summed E-state index contributed by atoms with van der Waals surface area (Å²) in [6.07, 6.45) is 11.4. The van der Waals surface area contributed by atoms with E-state index in [2.05, 4.69) is 22.2 Å². The Labute approximate surface area is 159 Å². The topological polar surface area (TPSA) is 76.9 Å². The van der Waals surface area contributed by atoms with Crippen LogP contribution in [-0.4, -0.2) is 26.5 Å². The van der Waals surface area contributed by atoms with Gasteiger partial charge in [0, 0.05) is 11.7 Å². The zero-order valence-corrected chi connectivity index (χ0v) is 16.0. The molecule has 0 saturated heterocycles. The molecule has 0 radical (unpaired) electrons. The van der Waals surface area contributed by atoms with E-state index >= 15 is 0 Å². The lowest BCUT2D eigenvalue weighted by Crippen LogP contribution is -2.38. The Morgan fingerprint density at radius 2 is 2.00 bits per heavy atom. The van der Waals surface area contributed by atoms with Crippen LogP contribution in [0, 0.1) is 5.92 Å². The molecule has 1 amide bonds. The van der Waals surface area contributed by atoms with Crippen molar-refractivity contribution in [2.45, 2.75) is 77.3 Å². The summed E-state index contributed by atoms with van der Waals surface area (Å²) in [6.45, 7) is 2.25. The molecule has 0 bridgehead atoms. The van der Waals surface area contributed by atoms with Crippen molar-refractivity contribution in [2.24, 2.45) is 5.92 Å². The standard InChI is InChI=1S/C21H28N4O2/c1-14-8-9-18-15(10-14)11-17-20(24-18)22-13-25(21(17)27)12-19(26)23-16-6-4-2-3-5-7-16/h11,13-14,16H,2-10,12H2,1H3,(H,23,26). The van der Waals surface area contributed by atoms with E-state index in [-0.39, 0.29) is 24.1 Å². The molecule has 4 rings (SSSR count). The number of rotatable bonds is 3. The van der Waals surface area contributed by atoms with E-state index in [1.165, 1.54) is 23.7 Å². The summed E-state index contributed by atoms with van der Waals surface area (Å²) in [6, 6.07) is 2.18. The predicted octanol–water partition coefficient (Wildman–Crippen LogP) is 2.76. The van der Waals surface area contributed by atoms with E-state index in [0.29, 0.717) is 17.0 Å². The maximum absolute atomic E-state index is 12.9. The molecule has 6 nitrogen and oxygen atoms in total. The number of nitrogens with zero attached hydrogens (tertiary/aromatic N) is 3. The van der Waals surface area contributed by atoms with Crippen LogP contribution in [0.15, 0.2) is 17.2 Å². The number of amides is 1. The van der Waals surface area contributed by atoms with Crippen LogP contribution < -0.4 is 10.9 Å². The summed E-state index contributed by atoms with van der Waals surface area (Å²) >= 11 is 0. The van der Waals surface area contributed by atoms with Gasteiger partial charge < -0.3 is 5.32 Å². The third-order valence-corrected chi connectivity index (χ3v) is 5.96. The zero-order valence-electron chi connectivity index (χ0n) is 16.0. The van der Waals surface area contributed by atoms with Crippen LogP contribution in [-0.2, 0) is 24.2 Å². The fourth-order valence-electron chi connectivity index (χ4n) is 4.39. The Bertz CT molecular complexity index is 897. The van der Waals surface area contributed by atoms with E-state index in [0.717, 1.165) is 56.2 Å². The molecule has 0 aromatic carbocycles. The van der Waals surface area contributed by atoms with E-state index in [1.54, 1.807) is 0 Å². The number of hydrogen-bond acceptors (Lipinski definition) is 4. The first-order valence-electron chi connectivity index (χ1n) is 10.3. The third kappa shape index (κ3) is 4.04. The van der Waals surface area contributed by atoms with Gasteiger partial charge in [0.2, 0.25) is 5.91 Å². The minimum atomic E-state index is -0.176. The molecular weight excluding hydrogens is 340 g/mol. The Kier molecular flexibility index (Phi) is 5.23. The van der Waals surface area contributed by atoms with Gasteiger partial charge in [0.05, 0.1) is 5.39 Å². The van der Waals surface area contributed by atoms with Crippen molar-refractivity contribution in [3.63, 3.8) is 0 Å². The number of carbonyl (C=O) groups is 1. The monoisotopic (exact) mass is 368 g/mol. The Balaban J connectivity index is 1.54. The van der Waals surface area contributed by atoms with Gasteiger partial charge >= 0.3 is 0 Å². The quantitative estimate of drug-likeness (QED) is 0.845. The van der Waals surface area contributed by atoms with Crippen LogP contribution in [0.1, 0.15) is 63.1 Å². The lowest BCUT2D eigenvalue weighted by molar-refractivity contribution is -0.122. The van der Waals surface area contributed by atoms with Gasteiger partial charge in [-0.3, -0.25) is 14.2 Å². The van der Waals surface area contributed by atoms with Crippen LogP contribution in [0.5, 0.6) is 0 Å². The van der Waals surface area contributed by atoms with Crippen molar-refractivity contribution in [1.29, 1.82) is 0 Å². The van der Waals surface area contributed by atoms with Gasteiger partial charge in [0.1, 0.15) is 12.9 Å². The van der Waals surface area contributed by atoms with Crippen molar-refractivity contribution >= 4 is 16.9 Å². The maximum Gasteiger partial charge on any atom is 0.263 e. The van der Waals surface area contributed by atoms with Gasteiger partial charge in [-0.1, -0.05) is 32.6 Å². The number of hydrogen-bond donors (Lipinski definition) is 1. The first kappa shape index (κ1) is 18.1. The SMILES string of the molecule is CC1CCc2nc3ncn(CC(=O)NC4CCCCCC4)c(=O)c3cc2C1. The van der Waals surface area contributed by atoms with Gasteiger partial charge in [-0.15, -0.1) is 0 Å². The molecule has 2 aromatic rings. The second-order valence-electron chi connectivity index (χ2n) is 8.25. The summed E-state index contributed by atoms with van der Waals surface area (Å²) in [4.78, 5) is 34.3. The van der Waals surface area contributed by atoms with Crippen LogP contribution in [0.25, 0.3) is 11.0 Å². The van der Waals surface area contributed by atoms with E-state index in [9.17, 15) is 9.59 Å². The van der Waals surface area contributed by atoms with Gasteiger partial charge in [0.25, 0.3) is 5.56 Å². The molecule has 27 heavy (non-hydrogen) atoms. The molecule has 1 saturated carbocycles. The fourth-order valence-corrected chi connectivity index (χ4v) is 4.39. The molecule has 1 fully saturated rings. The molecule has 2 aliphatic carbocycles. The van der Waals surface area contributed by atoms with Gasteiger partial charge in [-0.05, 0) is 49.7 Å². The highest BCUT2D eigenvalue weighted by Crippen LogP contribution is 2.25. The highest BCUT2D eigenvalue weighted by Gasteiger charge is 2.20. The van der Waals surface area contributed by atoms with Crippen LogP contribution in [0.3, 0.4) is 0 Å². The number of aromatic nitrogens is 3. The molecule has 2 aliphatic rings. The summed E-state index contributed by atoms with van der Waals surface area (Å²) < 4.78 is 1.41. The van der Waals surface area contributed by atoms with Gasteiger partial charge in [0.15, 0.2) is 5.65 Å². The molecule has 144 valence electrons. The predicted molar refractivity (Wildman–Crippen MR) is 105 cm³/mol. The minimum Gasteiger partial charge on any atom is -0.352 e. The summed E-state index contributed by atoms with van der Waals surface area (Å²) in [5, 5.41) is 3.62. The lowest BCUT2D eigenvalue weighted by Gasteiger charge is -2.20. The average Bonchev–Trinajstić information content (AvgIpc) is 2.91. The van der Waals surface area contributed by atoms with Crippen molar-refractivity contribution in [3.8, 4) is 0 Å². The van der Waals surface area contributed by atoms with E-state index < -0.39 is 0 Å². The molecule has 1 unspecified atom stereocenters. The number of pyridine rings is 1.